The Labute approximate surface area is 101 Å². The molecule has 0 aliphatic carbocycles. The second kappa shape index (κ2) is 6.09. The zero-order valence-corrected chi connectivity index (χ0v) is 10.2. The highest BCUT2D eigenvalue weighted by Crippen LogP contribution is 2.09. The summed E-state index contributed by atoms with van der Waals surface area (Å²) in [4.78, 5) is 4.25. The Morgan fingerprint density at radius 3 is 3.18 bits per heavy atom. The molecule has 2 heterocycles. The molecule has 1 aromatic rings. The van der Waals surface area contributed by atoms with Gasteiger partial charge in [0, 0.05) is 19.0 Å². The lowest BCUT2D eigenvalue weighted by Gasteiger charge is -2.27. The Balaban J connectivity index is 1.92. The van der Waals surface area contributed by atoms with Crippen LogP contribution in [0.25, 0.3) is 0 Å². The van der Waals surface area contributed by atoms with E-state index in [1.165, 1.54) is 0 Å². The SMILES string of the molecule is CCCn1ncnc1CC(N)C1COCCO1. The molecule has 6 heteroatoms. The first-order valence-corrected chi connectivity index (χ1v) is 6.13. The smallest absolute Gasteiger partial charge is 0.138 e. The number of rotatable bonds is 5. The van der Waals surface area contributed by atoms with Gasteiger partial charge in [0.25, 0.3) is 0 Å². The van der Waals surface area contributed by atoms with Crippen molar-refractivity contribution in [3.63, 3.8) is 0 Å². The van der Waals surface area contributed by atoms with Crippen molar-refractivity contribution >= 4 is 0 Å². The largest absolute Gasteiger partial charge is 0.376 e. The van der Waals surface area contributed by atoms with E-state index in [9.17, 15) is 0 Å². The van der Waals surface area contributed by atoms with Crippen LogP contribution < -0.4 is 5.73 Å². The van der Waals surface area contributed by atoms with E-state index in [-0.39, 0.29) is 12.1 Å². The first kappa shape index (κ1) is 12.5. The number of ether oxygens (including phenoxy) is 2. The van der Waals surface area contributed by atoms with Gasteiger partial charge in [0.15, 0.2) is 0 Å². The van der Waals surface area contributed by atoms with Crippen molar-refractivity contribution in [1.82, 2.24) is 14.8 Å². The van der Waals surface area contributed by atoms with Crippen LogP contribution in [0.1, 0.15) is 19.2 Å². The Hall–Kier alpha value is -0.980. The molecule has 96 valence electrons. The van der Waals surface area contributed by atoms with Crippen molar-refractivity contribution in [2.45, 2.75) is 38.5 Å². The van der Waals surface area contributed by atoms with Crippen LogP contribution in [0.15, 0.2) is 6.33 Å². The Bertz CT molecular complexity index is 336. The standard InChI is InChI=1S/C11H20N4O2/c1-2-3-15-11(13-8-14-15)6-9(12)10-7-16-4-5-17-10/h8-10H,2-7,12H2,1H3. The molecule has 1 aliphatic rings. The molecule has 2 rings (SSSR count). The third-order valence-electron chi connectivity index (χ3n) is 2.87. The van der Waals surface area contributed by atoms with Gasteiger partial charge in [0.2, 0.25) is 0 Å². The van der Waals surface area contributed by atoms with Gasteiger partial charge in [-0.05, 0) is 6.42 Å². The maximum atomic E-state index is 6.12. The molecule has 17 heavy (non-hydrogen) atoms. The van der Waals surface area contributed by atoms with Crippen LogP contribution in [-0.2, 0) is 22.4 Å². The molecule has 0 saturated carbocycles. The molecule has 0 amide bonds. The van der Waals surface area contributed by atoms with Gasteiger partial charge in [0.1, 0.15) is 12.2 Å². The van der Waals surface area contributed by atoms with Gasteiger partial charge in [-0.2, -0.15) is 5.10 Å². The van der Waals surface area contributed by atoms with Gasteiger partial charge < -0.3 is 15.2 Å². The predicted molar refractivity (Wildman–Crippen MR) is 62.6 cm³/mol. The van der Waals surface area contributed by atoms with Crippen molar-refractivity contribution in [1.29, 1.82) is 0 Å². The van der Waals surface area contributed by atoms with Gasteiger partial charge in [-0.1, -0.05) is 6.92 Å². The summed E-state index contributed by atoms with van der Waals surface area (Å²) < 4.78 is 12.8. The minimum absolute atomic E-state index is 0.0319. The molecule has 0 aromatic carbocycles. The fourth-order valence-corrected chi connectivity index (χ4v) is 1.94. The van der Waals surface area contributed by atoms with Crippen LogP contribution in [0.3, 0.4) is 0 Å². The maximum absolute atomic E-state index is 6.12. The molecule has 1 saturated heterocycles. The van der Waals surface area contributed by atoms with Crippen LogP contribution in [0, 0.1) is 0 Å². The van der Waals surface area contributed by atoms with E-state index in [1.54, 1.807) is 6.33 Å². The summed E-state index contributed by atoms with van der Waals surface area (Å²) in [5.74, 6) is 0.925. The van der Waals surface area contributed by atoms with Crippen molar-refractivity contribution in [2.75, 3.05) is 19.8 Å². The van der Waals surface area contributed by atoms with Crippen LogP contribution in [-0.4, -0.2) is 46.7 Å². The lowest BCUT2D eigenvalue weighted by atomic mass is 10.1. The number of hydrogen-bond acceptors (Lipinski definition) is 5. The third kappa shape index (κ3) is 3.24. The zero-order valence-electron chi connectivity index (χ0n) is 10.2. The van der Waals surface area contributed by atoms with Gasteiger partial charge in [-0.3, -0.25) is 4.68 Å². The van der Waals surface area contributed by atoms with Gasteiger partial charge in [-0.25, -0.2) is 4.98 Å². The van der Waals surface area contributed by atoms with Crippen molar-refractivity contribution in [3.8, 4) is 0 Å². The highest BCUT2D eigenvalue weighted by atomic mass is 16.6. The number of hydrogen-bond donors (Lipinski definition) is 1. The summed E-state index contributed by atoms with van der Waals surface area (Å²) in [5.41, 5.74) is 6.12. The highest BCUT2D eigenvalue weighted by molar-refractivity contribution is 4.92. The highest BCUT2D eigenvalue weighted by Gasteiger charge is 2.23. The first-order chi connectivity index (χ1) is 8.31. The van der Waals surface area contributed by atoms with E-state index in [1.807, 2.05) is 4.68 Å². The van der Waals surface area contributed by atoms with Crippen molar-refractivity contribution in [3.05, 3.63) is 12.2 Å². The van der Waals surface area contributed by atoms with E-state index in [2.05, 4.69) is 17.0 Å². The number of nitrogens with two attached hydrogens (primary N) is 1. The average molecular weight is 240 g/mol. The fourth-order valence-electron chi connectivity index (χ4n) is 1.94. The summed E-state index contributed by atoms with van der Waals surface area (Å²) in [6.45, 7) is 4.85. The molecule has 0 bridgehead atoms. The normalized spacial score (nSPS) is 22.6. The minimum atomic E-state index is -0.0879. The Kier molecular flexibility index (Phi) is 4.47. The minimum Gasteiger partial charge on any atom is -0.376 e. The predicted octanol–water partition coefficient (Wildman–Crippen LogP) is -0.0267. The first-order valence-electron chi connectivity index (χ1n) is 6.13. The molecule has 1 aliphatic heterocycles. The molecule has 2 atom stereocenters. The lowest BCUT2D eigenvalue weighted by Crippen LogP contribution is -2.45. The van der Waals surface area contributed by atoms with Gasteiger partial charge >= 0.3 is 0 Å². The van der Waals surface area contributed by atoms with Crippen LogP contribution in [0.2, 0.25) is 0 Å². The zero-order chi connectivity index (χ0) is 12.1. The van der Waals surface area contributed by atoms with E-state index in [4.69, 9.17) is 15.2 Å². The summed E-state index contributed by atoms with van der Waals surface area (Å²) in [6.07, 6.45) is 3.26. The molecular formula is C11H20N4O2. The van der Waals surface area contributed by atoms with Crippen LogP contribution in [0.5, 0.6) is 0 Å². The summed E-state index contributed by atoms with van der Waals surface area (Å²) in [5, 5.41) is 4.18. The van der Waals surface area contributed by atoms with E-state index < -0.39 is 0 Å². The van der Waals surface area contributed by atoms with Gasteiger partial charge in [0.05, 0.1) is 25.9 Å². The third-order valence-corrected chi connectivity index (χ3v) is 2.87. The van der Waals surface area contributed by atoms with E-state index in [0.29, 0.717) is 26.2 Å². The molecule has 6 nitrogen and oxygen atoms in total. The molecule has 2 unspecified atom stereocenters. The summed E-state index contributed by atoms with van der Waals surface area (Å²) in [6, 6.07) is -0.0879. The number of nitrogens with zero attached hydrogens (tertiary/aromatic N) is 3. The quantitative estimate of drug-likeness (QED) is 0.782. The Morgan fingerprint density at radius 2 is 2.47 bits per heavy atom. The topological polar surface area (TPSA) is 75.2 Å². The van der Waals surface area contributed by atoms with Crippen molar-refractivity contribution < 1.29 is 9.47 Å². The van der Waals surface area contributed by atoms with Crippen LogP contribution in [0.4, 0.5) is 0 Å². The molecule has 0 spiro atoms. The monoisotopic (exact) mass is 240 g/mol. The lowest BCUT2D eigenvalue weighted by molar-refractivity contribution is -0.0970. The second-order valence-electron chi connectivity index (χ2n) is 4.25. The fraction of sp³-hybridized carbons (Fsp3) is 0.818. The maximum Gasteiger partial charge on any atom is 0.138 e. The molecule has 1 fully saturated rings. The summed E-state index contributed by atoms with van der Waals surface area (Å²) in [7, 11) is 0. The summed E-state index contributed by atoms with van der Waals surface area (Å²) >= 11 is 0. The average Bonchev–Trinajstić information content (AvgIpc) is 2.78. The van der Waals surface area contributed by atoms with Gasteiger partial charge in [-0.15, -0.1) is 0 Å². The van der Waals surface area contributed by atoms with Crippen LogP contribution >= 0.6 is 0 Å². The molecule has 2 N–H and O–H groups in total. The number of aryl methyl sites for hydroxylation is 1. The molecular weight excluding hydrogens is 220 g/mol. The van der Waals surface area contributed by atoms with Crippen molar-refractivity contribution in [2.24, 2.45) is 5.73 Å². The molecule has 0 radical (unpaired) electrons. The molecule has 1 aromatic heterocycles. The Morgan fingerprint density at radius 1 is 1.59 bits per heavy atom. The second-order valence-corrected chi connectivity index (χ2v) is 4.25. The van der Waals surface area contributed by atoms with E-state index >= 15 is 0 Å². The van der Waals surface area contributed by atoms with E-state index in [0.717, 1.165) is 18.8 Å². The number of aromatic nitrogens is 3.